The van der Waals surface area contributed by atoms with Crippen LogP contribution in [0.4, 0.5) is 0 Å². The van der Waals surface area contributed by atoms with Crippen LogP contribution in [0.25, 0.3) is 12.3 Å². The van der Waals surface area contributed by atoms with Crippen LogP contribution >= 0.6 is 0 Å². The van der Waals surface area contributed by atoms with Crippen molar-refractivity contribution in [2.45, 2.75) is 0 Å². The van der Waals surface area contributed by atoms with E-state index in [0.29, 0.717) is 0 Å². The number of nitrogens with zero attached hydrogens (tertiary/aromatic N) is 1. The van der Waals surface area contributed by atoms with Crippen LogP contribution in [0.3, 0.4) is 0 Å². The summed E-state index contributed by atoms with van der Waals surface area (Å²) in [5.74, 6) is -1.31. The van der Waals surface area contributed by atoms with Crippen molar-refractivity contribution in [3.8, 4) is 5.75 Å². The van der Waals surface area contributed by atoms with E-state index in [1.807, 2.05) is 0 Å². The molecule has 0 saturated carbocycles. The van der Waals surface area contributed by atoms with Crippen molar-refractivity contribution in [2.24, 2.45) is 5.34 Å². The first-order chi connectivity index (χ1) is 7.54. The summed E-state index contributed by atoms with van der Waals surface area (Å²) in [5.41, 5.74) is -0.0671. The average Bonchev–Trinajstić information content (AvgIpc) is 2.20. The maximum Gasteiger partial charge on any atom is 2.00 e. The first kappa shape index (κ1) is 30.8. The van der Waals surface area contributed by atoms with Gasteiger partial charge in [0.25, 0.3) is 0 Å². The maximum absolute atomic E-state index is 10.3. The summed E-state index contributed by atoms with van der Waals surface area (Å²) in [7, 11) is 0. The Hall–Kier alpha value is -1.02. The molecule has 8 N–H and O–H groups in total. The molecule has 0 aliphatic carbocycles. The smallest absolute Gasteiger partial charge is 0.693 e. The van der Waals surface area contributed by atoms with Gasteiger partial charge in [-0.05, 0) is 12.1 Å². The summed E-state index contributed by atoms with van der Waals surface area (Å²) in [6.45, 7) is 0. The zero-order valence-corrected chi connectivity index (χ0v) is 13.3. The Labute approximate surface area is 130 Å². The van der Waals surface area contributed by atoms with Crippen molar-refractivity contribution in [2.75, 3.05) is 0 Å². The number of para-hydroxylation sites is 1. The monoisotopic (exact) mass is 520 g/mol. The van der Waals surface area contributed by atoms with Gasteiger partial charge in [-0.2, -0.15) is 0 Å². The van der Waals surface area contributed by atoms with Crippen LogP contribution in [-0.2, 0) is 21.1 Å². The summed E-state index contributed by atoms with van der Waals surface area (Å²) < 4.78 is 14.4. The molecule has 0 fully saturated rings. The molecule has 0 amide bonds. The van der Waals surface area contributed by atoms with Gasteiger partial charge < -0.3 is 32.6 Å². The third-order valence-electron chi connectivity index (χ3n) is 1.13. The summed E-state index contributed by atoms with van der Waals surface area (Å²) in [6.07, 6.45) is 0. The number of phenols is 1. The van der Waals surface area contributed by atoms with E-state index in [2.05, 4.69) is 0 Å². The van der Waals surface area contributed by atoms with Crippen molar-refractivity contribution >= 4 is 22.4 Å². The van der Waals surface area contributed by atoms with Gasteiger partial charge in [0.05, 0.1) is 0 Å². The number of rotatable bonds is 1. The number of carboxylic acids is 1. The van der Waals surface area contributed by atoms with Crippen LogP contribution in [0, 0.1) is 10.1 Å². The molecule has 19 heavy (non-hydrogen) atoms. The molecule has 0 aliphatic rings. The predicted octanol–water partition coefficient (Wildman–Crippen LogP) is 1.28. The van der Waals surface area contributed by atoms with E-state index < -0.39 is 22.4 Å². The van der Waals surface area contributed by atoms with Crippen LogP contribution < -0.4 is 0 Å². The SMILES string of the molecule is O=C(O)c1ccccc1O.O=N[O-].O[As]O.[NH2-].[NH2-].[Pt+2]. The molecule has 0 unspecified atom stereocenters. The fraction of sp³-hybridized carbons (Fsp3) is 0. The number of hydrogen-bond acceptors (Lipinski definition) is 7. The third-order valence-corrected chi connectivity index (χ3v) is 1.13. The van der Waals surface area contributed by atoms with Crippen LogP contribution in [0.2, 0.25) is 0 Å². The largest absolute Gasteiger partial charge is 2.00 e. The summed E-state index contributed by atoms with van der Waals surface area (Å²) >= 11 is -1.31. The van der Waals surface area contributed by atoms with Crippen molar-refractivity contribution in [1.29, 1.82) is 0 Å². The van der Waals surface area contributed by atoms with Gasteiger partial charge in [0.1, 0.15) is 11.3 Å². The van der Waals surface area contributed by atoms with Crippen LogP contribution in [0.15, 0.2) is 29.6 Å². The van der Waals surface area contributed by atoms with Crippen molar-refractivity contribution in [3.63, 3.8) is 0 Å². The normalized spacial score (nSPS) is 6.42. The van der Waals surface area contributed by atoms with Crippen molar-refractivity contribution < 1.29 is 44.3 Å². The van der Waals surface area contributed by atoms with Gasteiger partial charge in [0.2, 0.25) is 0 Å². The minimum atomic E-state index is -1.31. The number of carbonyl (C=O) groups is 1. The Morgan fingerprint density at radius 1 is 1.21 bits per heavy atom. The molecule has 1 aromatic rings. The number of carboxylic acid groups (broad SMARTS) is 1. The van der Waals surface area contributed by atoms with E-state index in [-0.39, 0.29) is 44.7 Å². The van der Waals surface area contributed by atoms with E-state index in [0.717, 1.165) is 5.34 Å². The van der Waals surface area contributed by atoms with Gasteiger partial charge in [-0.25, -0.2) is 4.79 Å². The molecule has 12 heteroatoms. The standard InChI is InChI=1S/C7H6O3.AsH2O2.HNO2.2H2N.Pt/c8-6-4-2-1-3-5(6)7(9)10;2*2-1-3;;;/h1-4,8H,(H,9,10);2-3H;(H,2,3);2*1H2;/q;;;2*-1;+2/p-1. The number of nitrogens with two attached hydrogens (primary N) is 2. The first-order valence-electron chi connectivity index (χ1n) is 3.49. The van der Waals surface area contributed by atoms with Gasteiger partial charge in [-0.1, -0.05) is 12.1 Å². The Bertz CT molecular complexity index is 331. The minimum Gasteiger partial charge on any atom is -0.693 e. The van der Waals surface area contributed by atoms with Crippen molar-refractivity contribution in [3.05, 3.63) is 52.2 Å². The van der Waals surface area contributed by atoms with E-state index >= 15 is 0 Å². The maximum atomic E-state index is 10.3. The van der Waals surface area contributed by atoms with Gasteiger partial charge in [0.15, 0.2) is 0 Å². The molecule has 0 saturated heterocycles. The Morgan fingerprint density at radius 2 is 1.53 bits per heavy atom. The molecular weight excluding hydrogens is 508 g/mol. The van der Waals surface area contributed by atoms with Crippen LogP contribution in [0.5, 0.6) is 5.75 Å². The predicted molar refractivity (Wildman–Crippen MR) is 65.0 cm³/mol. The molecular formula is C7H12AsN3O7Pt-. The number of hydrogen-bond donors (Lipinski definition) is 4. The molecule has 0 bridgehead atoms. The van der Waals surface area contributed by atoms with Gasteiger partial charge in [-0.15, -0.1) is 5.34 Å². The first-order valence-corrected chi connectivity index (χ1v) is 5.17. The fourth-order valence-electron chi connectivity index (χ4n) is 0.654. The molecule has 1 aromatic carbocycles. The molecule has 0 atom stereocenters. The minimum absolute atomic E-state index is 0. The molecule has 1 rings (SSSR count). The Morgan fingerprint density at radius 3 is 1.74 bits per heavy atom. The second kappa shape index (κ2) is 22.2. The topological polar surface area (TPSA) is 217 Å². The molecule has 0 aliphatic heterocycles. The van der Waals surface area contributed by atoms with Gasteiger partial charge >= 0.3 is 51.7 Å². The quantitative estimate of drug-likeness (QED) is 0.241. The molecule has 0 aromatic heterocycles. The zero-order chi connectivity index (χ0) is 13.0. The van der Waals surface area contributed by atoms with Crippen LogP contribution in [0.1, 0.15) is 10.4 Å². The van der Waals surface area contributed by atoms with E-state index in [9.17, 15) is 4.79 Å². The third kappa shape index (κ3) is 19.5. The fourth-order valence-corrected chi connectivity index (χ4v) is 0.654. The Balaban J connectivity index is -0.0000000635. The van der Waals surface area contributed by atoms with E-state index in [1.54, 1.807) is 12.1 Å². The van der Waals surface area contributed by atoms with Gasteiger partial charge in [0, 0.05) is 0 Å². The van der Waals surface area contributed by atoms with Crippen LogP contribution in [-0.4, -0.2) is 40.8 Å². The second-order valence-corrected chi connectivity index (χ2v) is 2.36. The Kier molecular flexibility index (Phi) is 35.9. The van der Waals surface area contributed by atoms with Gasteiger partial charge in [-0.3, -0.25) is 0 Å². The zero-order valence-electron chi connectivity index (χ0n) is 9.19. The second-order valence-electron chi connectivity index (χ2n) is 1.99. The van der Waals surface area contributed by atoms with Crippen molar-refractivity contribution in [1.82, 2.24) is 0 Å². The molecule has 113 valence electrons. The number of aromatic hydroxyl groups is 1. The molecule has 10 nitrogen and oxygen atoms in total. The summed E-state index contributed by atoms with van der Waals surface area (Å²) in [5, 5.41) is 26.3. The molecule has 0 spiro atoms. The number of benzene rings is 1. The molecule has 1 radical (unpaired) electrons. The average molecular weight is 520 g/mol. The van der Waals surface area contributed by atoms with E-state index in [1.165, 1.54) is 12.1 Å². The summed E-state index contributed by atoms with van der Waals surface area (Å²) in [6, 6.07) is 5.81. The molecule has 0 heterocycles. The summed E-state index contributed by atoms with van der Waals surface area (Å²) in [4.78, 5) is 18.3. The van der Waals surface area contributed by atoms with E-state index in [4.69, 9.17) is 28.5 Å². The number of aromatic carboxylic acids is 1.